The van der Waals surface area contributed by atoms with Crippen molar-refractivity contribution in [1.82, 2.24) is 19.9 Å². The number of rotatable bonds is 4. The maximum absolute atomic E-state index is 11.5. The van der Waals surface area contributed by atoms with Gasteiger partial charge in [-0.15, -0.1) is 0 Å². The first-order valence-corrected chi connectivity index (χ1v) is 10.4. The van der Waals surface area contributed by atoms with Crippen LogP contribution in [0.2, 0.25) is 5.02 Å². The number of primary amides is 1. The molecule has 0 bridgehead atoms. The summed E-state index contributed by atoms with van der Waals surface area (Å²) in [5, 5.41) is 12.0. The van der Waals surface area contributed by atoms with Gasteiger partial charge in [-0.2, -0.15) is 9.61 Å². The third-order valence-corrected chi connectivity index (χ3v) is 6.56. The van der Waals surface area contributed by atoms with Crippen LogP contribution in [0.1, 0.15) is 46.4 Å². The molecule has 1 aliphatic carbocycles. The largest absolute Gasteiger partial charge is 0.366 e. The fourth-order valence-electron chi connectivity index (χ4n) is 4.75. The van der Waals surface area contributed by atoms with Crippen molar-refractivity contribution in [2.45, 2.75) is 37.6 Å². The zero-order valence-electron chi connectivity index (χ0n) is 16.0. The van der Waals surface area contributed by atoms with E-state index in [4.69, 9.17) is 22.3 Å². The number of nitrogens with zero attached hydrogens (tertiary/aromatic N) is 3. The van der Waals surface area contributed by atoms with Gasteiger partial charge in [-0.05, 0) is 56.5 Å². The highest BCUT2D eigenvalue weighted by Crippen LogP contribution is 2.46. The minimum atomic E-state index is -0.425. The maximum atomic E-state index is 11.5. The summed E-state index contributed by atoms with van der Waals surface area (Å²) in [5.74, 6) is 0.516. The smallest absolute Gasteiger partial charge is 0.248 e. The van der Waals surface area contributed by atoms with E-state index in [-0.39, 0.29) is 5.41 Å². The first-order valence-electron chi connectivity index (χ1n) is 9.97. The van der Waals surface area contributed by atoms with Crippen LogP contribution in [-0.4, -0.2) is 33.6 Å². The van der Waals surface area contributed by atoms with Crippen LogP contribution in [0.25, 0.3) is 5.65 Å². The summed E-state index contributed by atoms with van der Waals surface area (Å²) < 4.78 is 1.80. The molecule has 0 atom stereocenters. The first kappa shape index (κ1) is 18.4. The molecule has 7 nitrogen and oxygen atoms in total. The Kier molecular flexibility index (Phi) is 4.44. The highest BCUT2D eigenvalue weighted by Gasteiger charge is 2.43. The molecule has 2 aliphatic rings. The highest BCUT2D eigenvalue weighted by atomic mass is 35.5. The van der Waals surface area contributed by atoms with Crippen LogP contribution in [0.5, 0.6) is 0 Å². The van der Waals surface area contributed by atoms with Crippen molar-refractivity contribution >= 4 is 29.0 Å². The number of hydrogen-bond acceptors (Lipinski definition) is 5. The standard InChI is InChI=1S/C21H23ClN6O/c22-16-12-26-28-19(25-11-13-2-1-3-14(10-13)18(23)29)15-4-5-21(6-8-24-9-7-21)17(15)27-20(16)28/h1-3,10,12,24-25H,4-9,11H2,(H2,23,29). The van der Waals surface area contributed by atoms with Gasteiger partial charge in [0.2, 0.25) is 5.91 Å². The van der Waals surface area contributed by atoms with Gasteiger partial charge in [-0.25, -0.2) is 4.98 Å². The van der Waals surface area contributed by atoms with Crippen LogP contribution in [-0.2, 0) is 18.4 Å². The maximum Gasteiger partial charge on any atom is 0.248 e. The molecule has 2 aromatic heterocycles. The second-order valence-corrected chi connectivity index (χ2v) is 8.37. The third-order valence-electron chi connectivity index (χ3n) is 6.29. The number of hydrogen-bond donors (Lipinski definition) is 3. The molecule has 3 aromatic rings. The molecule has 1 aromatic carbocycles. The van der Waals surface area contributed by atoms with Crippen molar-refractivity contribution < 1.29 is 4.79 Å². The number of nitrogens with one attached hydrogen (secondary N) is 2. The Balaban J connectivity index is 1.55. The number of carbonyl (C=O) groups excluding carboxylic acids is 1. The normalized spacial score (nSPS) is 17.6. The van der Waals surface area contributed by atoms with E-state index in [1.54, 1.807) is 16.8 Å². The molecule has 8 heteroatoms. The summed E-state index contributed by atoms with van der Waals surface area (Å²) in [7, 11) is 0. The molecule has 1 spiro atoms. The number of nitrogens with two attached hydrogens (primary N) is 1. The van der Waals surface area contributed by atoms with Gasteiger partial charge in [0.05, 0.1) is 11.9 Å². The summed E-state index contributed by atoms with van der Waals surface area (Å²) in [6.45, 7) is 2.59. The summed E-state index contributed by atoms with van der Waals surface area (Å²) in [5.41, 5.74) is 10.1. The van der Waals surface area contributed by atoms with Crippen LogP contribution in [0.3, 0.4) is 0 Å². The van der Waals surface area contributed by atoms with Crippen molar-refractivity contribution in [3.63, 3.8) is 0 Å². The Morgan fingerprint density at radius 2 is 2.14 bits per heavy atom. The van der Waals surface area contributed by atoms with E-state index >= 15 is 0 Å². The van der Waals surface area contributed by atoms with Crippen molar-refractivity contribution in [1.29, 1.82) is 0 Å². The molecular weight excluding hydrogens is 388 g/mol. The number of aromatic nitrogens is 3. The van der Waals surface area contributed by atoms with E-state index < -0.39 is 5.91 Å². The Morgan fingerprint density at radius 1 is 1.31 bits per heavy atom. The topological polar surface area (TPSA) is 97.3 Å². The lowest BCUT2D eigenvalue weighted by Gasteiger charge is -2.34. The molecule has 4 N–H and O–H groups in total. The van der Waals surface area contributed by atoms with Crippen molar-refractivity contribution in [2.24, 2.45) is 5.73 Å². The number of fused-ring (bicyclic) bond motifs is 3. The van der Waals surface area contributed by atoms with Crippen LogP contribution in [0, 0.1) is 0 Å². The number of amides is 1. The van der Waals surface area contributed by atoms with Gasteiger partial charge < -0.3 is 16.4 Å². The minimum Gasteiger partial charge on any atom is -0.366 e. The first-order chi connectivity index (χ1) is 14.1. The summed E-state index contributed by atoms with van der Waals surface area (Å²) in [6, 6.07) is 7.36. The lowest BCUT2D eigenvalue weighted by Crippen LogP contribution is -2.39. The molecule has 3 heterocycles. The molecule has 0 radical (unpaired) electrons. The van der Waals surface area contributed by atoms with Gasteiger partial charge in [0.1, 0.15) is 10.8 Å². The zero-order valence-corrected chi connectivity index (χ0v) is 16.8. The molecule has 0 unspecified atom stereocenters. The molecule has 150 valence electrons. The number of benzene rings is 1. The summed E-state index contributed by atoms with van der Waals surface area (Å²) in [4.78, 5) is 16.5. The van der Waals surface area contributed by atoms with Gasteiger partial charge in [-0.1, -0.05) is 23.7 Å². The Labute approximate surface area is 173 Å². The highest BCUT2D eigenvalue weighted by molar-refractivity contribution is 6.33. The van der Waals surface area contributed by atoms with Gasteiger partial charge in [-0.3, -0.25) is 4.79 Å². The number of carbonyl (C=O) groups is 1. The lowest BCUT2D eigenvalue weighted by atomic mass is 9.77. The van der Waals surface area contributed by atoms with E-state index in [1.165, 1.54) is 11.3 Å². The molecule has 5 rings (SSSR count). The fraction of sp³-hybridized carbons (Fsp3) is 0.381. The quantitative estimate of drug-likeness (QED) is 0.614. The predicted molar refractivity (Wildman–Crippen MR) is 112 cm³/mol. The lowest BCUT2D eigenvalue weighted by molar-refractivity contribution is 0.1000. The molecule has 1 fully saturated rings. The summed E-state index contributed by atoms with van der Waals surface area (Å²) >= 11 is 6.41. The van der Waals surface area contributed by atoms with Crippen molar-refractivity contribution in [2.75, 3.05) is 18.4 Å². The van der Waals surface area contributed by atoms with Crippen LogP contribution < -0.4 is 16.4 Å². The summed E-state index contributed by atoms with van der Waals surface area (Å²) in [6.07, 6.45) is 5.91. The molecule has 0 saturated carbocycles. The number of piperidine rings is 1. The predicted octanol–water partition coefficient (Wildman–Crippen LogP) is 2.66. The fourth-order valence-corrected chi connectivity index (χ4v) is 4.92. The molecular formula is C21H23ClN6O. The van der Waals surface area contributed by atoms with E-state index in [1.807, 2.05) is 18.2 Å². The second kappa shape index (κ2) is 7.00. The Morgan fingerprint density at radius 3 is 2.93 bits per heavy atom. The van der Waals surface area contributed by atoms with Gasteiger partial charge in [0.15, 0.2) is 5.65 Å². The minimum absolute atomic E-state index is 0.123. The monoisotopic (exact) mass is 410 g/mol. The Bertz CT molecular complexity index is 1100. The molecule has 1 amide bonds. The van der Waals surface area contributed by atoms with E-state index in [9.17, 15) is 4.79 Å². The van der Waals surface area contributed by atoms with E-state index in [0.717, 1.165) is 50.2 Å². The molecule has 1 saturated heterocycles. The molecule has 29 heavy (non-hydrogen) atoms. The van der Waals surface area contributed by atoms with Gasteiger partial charge in [0.25, 0.3) is 0 Å². The van der Waals surface area contributed by atoms with E-state index in [2.05, 4.69) is 15.7 Å². The molecule has 1 aliphatic heterocycles. The van der Waals surface area contributed by atoms with Crippen LogP contribution in [0.4, 0.5) is 5.82 Å². The van der Waals surface area contributed by atoms with Gasteiger partial charge in [0, 0.05) is 23.1 Å². The zero-order chi connectivity index (χ0) is 20.0. The Hall–Kier alpha value is -2.64. The van der Waals surface area contributed by atoms with Crippen molar-refractivity contribution in [3.8, 4) is 0 Å². The van der Waals surface area contributed by atoms with Crippen LogP contribution >= 0.6 is 11.6 Å². The van der Waals surface area contributed by atoms with Gasteiger partial charge >= 0.3 is 0 Å². The van der Waals surface area contributed by atoms with Crippen LogP contribution in [0.15, 0.2) is 30.5 Å². The number of anilines is 1. The average molecular weight is 411 g/mol. The van der Waals surface area contributed by atoms with E-state index in [0.29, 0.717) is 22.8 Å². The third kappa shape index (κ3) is 3.05. The average Bonchev–Trinajstić information content (AvgIpc) is 3.28. The van der Waals surface area contributed by atoms with Crippen molar-refractivity contribution in [3.05, 3.63) is 57.9 Å². The second-order valence-electron chi connectivity index (χ2n) is 7.96. The number of halogens is 1. The SMILES string of the molecule is NC(=O)c1cccc(CNc2c3c(nc4c(Cl)cnn24)C2(CCNCC2)CC3)c1.